The van der Waals surface area contributed by atoms with Gasteiger partial charge in [-0.1, -0.05) is 11.1 Å². The van der Waals surface area contributed by atoms with E-state index in [0.29, 0.717) is 5.56 Å². The van der Waals surface area contributed by atoms with Crippen LogP contribution < -0.4 is 4.74 Å². The van der Waals surface area contributed by atoms with Crippen LogP contribution in [0.5, 0.6) is 5.75 Å². The Balaban J connectivity index is 2.12. The number of rotatable bonds is 5. The van der Waals surface area contributed by atoms with Gasteiger partial charge >= 0.3 is 5.95 Å². The molecule has 20 heavy (non-hydrogen) atoms. The minimum absolute atomic E-state index is 0.0670. The molecule has 1 N–H and O–H groups in total. The van der Waals surface area contributed by atoms with Gasteiger partial charge in [-0.15, -0.1) is 0 Å². The molecule has 1 aromatic carbocycles. The minimum Gasteiger partial charge on any atom is -0.494 e. The first-order valence-electron chi connectivity index (χ1n) is 5.56. The van der Waals surface area contributed by atoms with Crippen LogP contribution in [-0.2, 0) is 6.54 Å². The Morgan fingerprint density at radius 1 is 1.60 bits per heavy atom. The molecule has 0 aliphatic heterocycles. The van der Waals surface area contributed by atoms with Gasteiger partial charge in [0.15, 0.2) is 11.6 Å². The number of aromatic nitrogens is 3. The van der Waals surface area contributed by atoms with Crippen LogP contribution in [0.1, 0.15) is 11.7 Å². The summed E-state index contributed by atoms with van der Waals surface area (Å²) >= 11 is 0. The molecule has 1 unspecified atom stereocenters. The summed E-state index contributed by atoms with van der Waals surface area (Å²) in [6, 6.07) is 4.02. The number of ether oxygens (including phenoxy) is 1. The standard InChI is InChI=1S/C11H11FN4O4/c1-20-10-3-2-7(4-8(10)12)9(17)5-15-6-13-11(14-15)16(18)19/h2-4,6,9,17H,5H2,1H3. The molecule has 106 valence electrons. The van der Waals surface area contributed by atoms with Crippen molar-refractivity contribution in [3.63, 3.8) is 0 Å². The Hall–Kier alpha value is -2.55. The van der Waals surface area contributed by atoms with E-state index in [1.807, 2.05) is 0 Å². The third kappa shape index (κ3) is 2.88. The highest BCUT2D eigenvalue weighted by molar-refractivity contribution is 5.30. The lowest BCUT2D eigenvalue weighted by atomic mass is 10.1. The van der Waals surface area contributed by atoms with Crippen LogP contribution in [-0.4, -0.2) is 31.9 Å². The molecule has 0 saturated carbocycles. The molecule has 0 aliphatic carbocycles. The summed E-state index contributed by atoms with van der Waals surface area (Å²) in [4.78, 5) is 13.1. The molecule has 1 heterocycles. The molecule has 2 rings (SSSR count). The highest BCUT2D eigenvalue weighted by Crippen LogP contribution is 2.22. The van der Waals surface area contributed by atoms with Crippen molar-refractivity contribution in [2.24, 2.45) is 0 Å². The second kappa shape index (κ2) is 5.61. The molecule has 0 spiro atoms. The van der Waals surface area contributed by atoms with Gasteiger partial charge in [-0.05, 0) is 22.6 Å². The number of methoxy groups -OCH3 is 1. The highest BCUT2D eigenvalue weighted by Gasteiger charge is 2.17. The number of nitrogens with zero attached hydrogens (tertiary/aromatic N) is 4. The quantitative estimate of drug-likeness (QED) is 0.649. The zero-order valence-electron chi connectivity index (χ0n) is 10.4. The summed E-state index contributed by atoms with van der Waals surface area (Å²) in [5.41, 5.74) is 0.307. The molecular weight excluding hydrogens is 271 g/mol. The van der Waals surface area contributed by atoms with Crippen molar-refractivity contribution in [2.75, 3.05) is 7.11 Å². The van der Waals surface area contributed by atoms with Crippen LogP contribution in [0.3, 0.4) is 0 Å². The Morgan fingerprint density at radius 3 is 2.90 bits per heavy atom. The van der Waals surface area contributed by atoms with Crippen molar-refractivity contribution in [3.8, 4) is 5.75 Å². The predicted molar refractivity (Wildman–Crippen MR) is 64.6 cm³/mol. The molecule has 1 aromatic heterocycles. The van der Waals surface area contributed by atoms with Crippen molar-refractivity contribution in [3.05, 3.63) is 46.0 Å². The lowest BCUT2D eigenvalue weighted by Crippen LogP contribution is -2.10. The van der Waals surface area contributed by atoms with Crippen molar-refractivity contribution >= 4 is 5.95 Å². The maximum Gasteiger partial charge on any atom is 0.490 e. The third-order valence-corrected chi connectivity index (χ3v) is 2.61. The minimum atomic E-state index is -1.07. The lowest BCUT2D eigenvalue weighted by molar-refractivity contribution is -0.394. The second-order valence-corrected chi connectivity index (χ2v) is 3.93. The molecule has 0 bridgehead atoms. The molecule has 2 aromatic rings. The average Bonchev–Trinajstić information content (AvgIpc) is 2.87. The molecule has 0 fully saturated rings. The van der Waals surface area contributed by atoms with Crippen LogP contribution in [0.4, 0.5) is 10.3 Å². The number of benzene rings is 1. The smallest absolute Gasteiger partial charge is 0.490 e. The second-order valence-electron chi connectivity index (χ2n) is 3.93. The first-order valence-corrected chi connectivity index (χ1v) is 5.56. The van der Waals surface area contributed by atoms with E-state index in [4.69, 9.17) is 4.74 Å². The fourth-order valence-corrected chi connectivity index (χ4v) is 1.63. The molecule has 0 radical (unpaired) electrons. The fraction of sp³-hybridized carbons (Fsp3) is 0.273. The average molecular weight is 282 g/mol. The topological polar surface area (TPSA) is 103 Å². The van der Waals surface area contributed by atoms with Crippen LogP contribution in [0, 0.1) is 15.9 Å². The number of aliphatic hydroxyl groups is 1. The Kier molecular flexibility index (Phi) is 3.89. The van der Waals surface area contributed by atoms with Crippen molar-refractivity contribution in [1.29, 1.82) is 0 Å². The van der Waals surface area contributed by atoms with Crippen LogP contribution >= 0.6 is 0 Å². The van der Waals surface area contributed by atoms with Gasteiger partial charge in [0.2, 0.25) is 6.33 Å². The van der Waals surface area contributed by atoms with Gasteiger partial charge in [-0.25, -0.2) is 4.39 Å². The van der Waals surface area contributed by atoms with E-state index in [9.17, 15) is 19.6 Å². The van der Waals surface area contributed by atoms with Gasteiger partial charge in [-0.3, -0.25) is 0 Å². The zero-order chi connectivity index (χ0) is 14.7. The summed E-state index contributed by atoms with van der Waals surface area (Å²) in [6.45, 7) is -0.0768. The van der Waals surface area contributed by atoms with Crippen LogP contribution in [0.25, 0.3) is 0 Å². The van der Waals surface area contributed by atoms with Gasteiger partial charge in [-0.2, -0.15) is 4.68 Å². The Morgan fingerprint density at radius 2 is 2.35 bits per heavy atom. The number of hydrogen-bond donors (Lipinski definition) is 1. The summed E-state index contributed by atoms with van der Waals surface area (Å²) in [6.07, 6.45) is 0.0537. The Labute approximate surface area is 112 Å². The van der Waals surface area contributed by atoms with E-state index in [-0.39, 0.29) is 12.3 Å². The van der Waals surface area contributed by atoms with Gasteiger partial charge < -0.3 is 20.0 Å². The summed E-state index contributed by atoms with van der Waals surface area (Å²) in [5.74, 6) is -1.09. The first-order chi connectivity index (χ1) is 9.51. The zero-order valence-corrected chi connectivity index (χ0v) is 10.4. The lowest BCUT2D eigenvalue weighted by Gasteiger charge is -2.10. The number of nitro groups is 1. The van der Waals surface area contributed by atoms with E-state index in [1.54, 1.807) is 0 Å². The molecule has 8 nitrogen and oxygen atoms in total. The number of halogens is 1. The fourth-order valence-electron chi connectivity index (χ4n) is 1.63. The van der Waals surface area contributed by atoms with Gasteiger partial charge in [0.05, 0.1) is 13.7 Å². The van der Waals surface area contributed by atoms with E-state index in [2.05, 4.69) is 10.1 Å². The number of aliphatic hydroxyl groups excluding tert-OH is 1. The molecule has 0 saturated heterocycles. The van der Waals surface area contributed by atoms with E-state index >= 15 is 0 Å². The maximum absolute atomic E-state index is 13.5. The normalized spacial score (nSPS) is 12.2. The predicted octanol–water partition coefficient (Wildman–Crippen LogP) is 1.07. The summed E-state index contributed by atoms with van der Waals surface area (Å²) in [5, 5.41) is 23.9. The summed E-state index contributed by atoms with van der Waals surface area (Å²) < 4.78 is 19.4. The van der Waals surface area contributed by atoms with Crippen molar-refractivity contribution in [2.45, 2.75) is 12.6 Å². The van der Waals surface area contributed by atoms with Crippen molar-refractivity contribution < 1.29 is 19.2 Å². The Bertz CT molecular complexity index is 631. The van der Waals surface area contributed by atoms with E-state index in [0.717, 1.165) is 17.1 Å². The van der Waals surface area contributed by atoms with Crippen molar-refractivity contribution in [1.82, 2.24) is 14.8 Å². The molecule has 0 amide bonds. The van der Waals surface area contributed by atoms with Crippen LogP contribution in [0.15, 0.2) is 24.5 Å². The first kappa shape index (κ1) is 13.9. The van der Waals surface area contributed by atoms with E-state index in [1.165, 1.54) is 19.2 Å². The monoisotopic (exact) mass is 282 g/mol. The third-order valence-electron chi connectivity index (χ3n) is 2.61. The van der Waals surface area contributed by atoms with Gasteiger partial charge in [0.1, 0.15) is 6.10 Å². The highest BCUT2D eigenvalue weighted by atomic mass is 19.1. The number of hydrogen-bond acceptors (Lipinski definition) is 6. The van der Waals surface area contributed by atoms with Gasteiger partial charge in [0, 0.05) is 5.10 Å². The summed E-state index contributed by atoms with van der Waals surface area (Å²) in [7, 11) is 1.34. The largest absolute Gasteiger partial charge is 0.494 e. The SMILES string of the molecule is COc1ccc(C(O)Cn2cnc([N+](=O)[O-])n2)cc1F. The van der Waals surface area contributed by atoms with Crippen LogP contribution in [0.2, 0.25) is 0 Å². The molecule has 0 aliphatic rings. The van der Waals surface area contributed by atoms with Gasteiger partial charge in [0.25, 0.3) is 0 Å². The van der Waals surface area contributed by atoms with E-state index < -0.39 is 22.8 Å². The molecule has 1 atom stereocenters. The molecular formula is C11H11FN4O4. The maximum atomic E-state index is 13.5. The molecule has 9 heteroatoms.